The summed E-state index contributed by atoms with van der Waals surface area (Å²) in [6, 6.07) is 11.2. The second-order valence-corrected chi connectivity index (χ2v) is 4.71. The zero-order chi connectivity index (χ0) is 15.2. The summed E-state index contributed by atoms with van der Waals surface area (Å²) < 4.78 is 42.7. The van der Waals surface area contributed by atoms with Gasteiger partial charge in [-0.2, -0.15) is 8.78 Å². The number of para-hydroxylation sites is 1. The molecule has 2 nitrogen and oxygen atoms in total. The van der Waals surface area contributed by atoms with E-state index in [1.165, 1.54) is 12.1 Å². The average molecular weight is 316 g/mol. The first kappa shape index (κ1) is 15.7. The molecular weight excluding hydrogens is 303 g/mol. The molecule has 0 aromatic heterocycles. The quantitative estimate of drug-likeness (QED) is 0.854. The van der Waals surface area contributed by atoms with Gasteiger partial charge in [0.1, 0.15) is 11.6 Å². The van der Waals surface area contributed by atoms with Gasteiger partial charge in [-0.15, -0.1) is 0 Å². The molecule has 2 aromatic rings. The fourth-order valence-corrected chi connectivity index (χ4v) is 2.07. The molecule has 0 fully saturated rings. The Labute approximate surface area is 125 Å². The number of benzene rings is 2. The Morgan fingerprint density at radius 1 is 1.00 bits per heavy atom. The summed E-state index contributed by atoms with van der Waals surface area (Å²) in [5.41, 5.74) is 0.981. The lowest BCUT2D eigenvalue weighted by molar-refractivity contribution is -0.0505. The van der Waals surface area contributed by atoms with Crippen LogP contribution >= 0.6 is 11.6 Å². The van der Waals surface area contributed by atoms with Gasteiger partial charge >= 0.3 is 6.61 Å². The molecule has 6 heteroatoms. The fourth-order valence-electron chi connectivity index (χ4n) is 1.88. The molecule has 0 unspecified atom stereocenters. The minimum absolute atomic E-state index is 0.0516. The number of rotatable bonds is 6. The average Bonchev–Trinajstić information content (AvgIpc) is 2.45. The van der Waals surface area contributed by atoms with Crippen molar-refractivity contribution >= 4 is 11.6 Å². The summed E-state index contributed by atoms with van der Waals surface area (Å²) in [6.07, 6.45) is 0. The van der Waals surface area contributed by atoms with Crippen LogP contribution in [0, 0.1) is 5.82 Å². The molecule has 0 heterocycles. The molecule has 0 bridgehead atoms. The number of hydrogen-bond acceptors (Lipinski definition) is 2. The van der Waals surface area contributed by atoms with E-state index in [4.69, 9.17) is 11.6 Å². The van der Waals surface area contributed by atoms with E-state index in [9.17, 15) is 13.2 Å². The summed E-state index contributed by atoms with van der Waals surface area (Å²) in [6.45, 7) is -2.37. The van der Waals surface area contributed by atoms with E-state index in [1.54, 1.807) is 30.3 Å². The van der Waals surface area contributed by atoms with E-state index >= 15 is 0 Å². The van der Waals surface area contributed by atoms with Crippen LogP contribution in [0.2, 0.25) is 5.02 Å². The SMILES string of the molecule is Fc1c(Cl)cccc1CNCc1ccccc1OC(F)F. The minimum atomic E-state index is -2.88. The third-order valence-corrected chi connectivity index (χ3v) is 3.14. The van der Waals surface area contributed by atoms with Crippen molar-refractivity contribution in [1.29, 1.82) is 0 Å². The van der Waals surface area contributed by atoms with Gasteiger partial charge in [-0.25, -0.2) is 4.39 Å². The summed E-state index contributed by atoms with van der Waals surface area (Å²) in [5.74, 6) is -0.379. The summed E-state index contributed by atoms with van der Waals surface area (Å²) in [5, 5.41) is 3.03. The molecule has 1 N–H and O–H groups in total. The van der Waals surface area contributed by atoms with E-state index in [1.807, 2.05) is 0 Å². The molecule has 0 radical (unpaired) electrons. The minimum Gasteiger partial charge on any atom is -0.434 e. The summed E-state index contributed by atoms with van der Waals surface area (Å²) >= 11 is 5.69. The molecule has 0 atom stereocenters. The number of ether oxygens (including phenoxy) is 1. The molecule has 0 saturated carbocycles. The molecule has 2 rings (SSSR count). The Hall–Kier alpha value is -1.72. The van der Waals surface area contributed by atoms with Gasteiger partial charge in [0, 0.05) is 24.2 Å². The molecular formula is C15H13ClF3NO. The third-order valence-electron chi connectivity index (χ3n) is 2.85. The van der Waals surface area contributed by atoms with E-state index in [0.717, 1.165) is 0 Å². The monoisotopic (exact) mass is 315 g/mol. The zero-order valence-corrected chi connectivity index (χ0v) is 11.7. The van der Waals surface area contributed by atoms with Gasteiger partial charge in [-0.3, -0.25) is 0 Å². The highest BCUT2D eigenvalue weighted by Crippen LogP contribution is 2.21. The van der Waals surface area contributed by atoms with E-state index < -0.39 is 12.4 Å². The highest BCUT2D eigenvalue weighted by atomic mass is 35.5. The van der Waals surface area contributed by atoms with Crippen LogP contribution in [0.25, 0.3) is 0 Å². The largest absolute Gasteiger partial charge is 0.434 e. The van der Waals surface area contributed by atoms with Gasteiger partial charge in [0.2, 0.25) is 0 Å². The maximum absolute atomic E-state index is 13.7. The number of alkyl halides is 2. The van der Waals surface area contributed by atoms with Crippen molar-refractivity contribution in [2.45, 2.75) is 19.7 Å². The van der Waals surface area contributed by atoms with Crippen LogP contribution in [0.5, 0.6) is 5.75 Å². The fraction of sp³-hybridized carbons (Fsp3) is 0.200. The third kappa shape index (κ3) is 4.37. The standard InChI is InChI=1S/C15H13ClF3NO/c16-12-6-3-5-11(14(12)17)9-20-8-10-4-1-2-7-13(10)21-15(18)19/h1-7,15,20H,8-9H2. The molecule has 2 aromatic carbocycles. The highest BCUT2D eigenvalue weighted by Gasteiger charge is 2.09. The van der Waals surface area contributed by atoms with Crippen molar-refractivity contribution in [3.8, 4) is 5.75 Å². The lowest BCUT2D eigenvalue weighted by Crippen LogP contribution is -2.15. The van der Waals surface area contributed by atoms with Crippen molar-refractivity contribution in [3.05, 3.63) is 64.4 Å². The molecule has 0 amide bonds. The van der Waals surface area contributed by atoms with Crippen LogP contribution in [0.4, 0.5) is 13.2 Å². The van der Waals surface area contributed by atoms with Crippen LogP contribution in [0.3, 0.4) is 0 Å². The van der Waals surface area contributed by atoms with Crippen molar-refractivity contribution in [3.63, 3.8) is 0 Å². The van der Waals surface area contributed by atoms with Gasteiger partial charge in [0.05, 0.1) is 5.02 Å². The van der Waals surface area contributed by atoms with E-state index in [0.29, 0.717) is 11.1 Å². The maximum Gasteiger partial charge on any atom is 0.387 e. The van der Waals surface area contributed by atoms with Crippen LogP contribution in [-0.4, -0.2) is 6.61 Å². The molecule has 0 aliphatic carbocycles. The van der Waals surface area contributed by atoms with Crippen LogP contribution in [0.15, 0.2) is 42.5 Å². The van der Waals surface area contributed by atoms with Gasteiger partial charge in [-0.05, 0) is 12.1 Å². The van der Waals surface area contributed by atoms with E-state index in [2.05, 4.69) is 10.1 Å². The van der Waals surface area contributed by atoms with Gasteiger partial charge in [0.25, 0.3) is 0 Å². The highest BCUT2D eigenvalue weighted by molar-refractivity contribution is 6.30. The van der Waals surface area contributed by atoms with Crippen LogP contribution < -0.4 is 10.1 Å². The first-order chi connectivity index (χ1) is 10.1. The Morgan fingerprint density at radius 2 is 1.67 bits per heavy atom. The predicted octanol–water partition coefficient (Wildman–Crippen LogP) is 4.37. The van der Waals surface area contributed by atoms with Crippen molar-refractivity contribution in [2.75, 3.05) is 0 Å². The molecule has 0 aliphatic heterocycles. The lowest BCUT2D eigenvalue weighted by Gasteiger charge is -2.11. The van der Waals surface area contributed by atoms with Crippen LogP contribution in [-0.2, 0) is 13.1 Å². The Balaban J connectivity index is 1.99. The second kappa shape index (κ2) is 7.33. The first-order valence-corrected chi connectivity index (χ1v) is 6.62. The summed E-state index contributed by atoms with van der Waals surface area (Å²) in [4.78, 5) is 0. The first-order valence-electron chi connectivity index (χ1n) is 6.24. The smallest absolute Gasteiger partial charge is 0.387 e. The Bertz CT molecular complexity index is 607. The molecule has 0 aliphatic rings. The Morgan fingerprint density at radius 3 is 2.43 bits per heavy atom. The van der Waals surface area contributed by atoms with Gasteiger partial charge in [0.15, 0.2) is 0 Å². The predicted molar refractivity (Wildman–Crippen MR) is 75.0 cm³/mol. The second-order valence-electron chi connectivity index (χ2n) is 4.30. The molecule has 112 valence electrons. The zero-order valence-electron chi connectivity index (χ0n) is 11.0. The number of nitrogens with one attached hydrogen (secondary N) is 1. The molecule has 21 heavy (non-hydrogen) atoms. The number of hydrogen-bond donors (Lipinski definition) is 1. The van der Waals surface area contributed by atoms with Crippen molar-refractivity contribution < 1.29 is 17.9 Å². The maximum atomic E-state index is 13.7. The topological polar surface area (TPSA) is 21.3 Å². The Kier molecular flexibility index (Phi) is 5.47. The molecule has 0 spiro atoms. The van der Waals surface area contributed by atoms with Gasteiger partial charge in [-0.1, -0.05) is 41.9 Å². The van der Waals surface area contributed by atoms with E-state index in [-0.39, 0.29) is 23.9 Å². The normalized spacial score (nSPS) is 10.9. The van der Waals surface area contributed by atoms with Crippen molar-refractivity contribution in [2.24, 2.45) is 0 Å². The van der Waals surface area contributed by atoms with Gasteiger partial charge < -0.3 is 10.1 Å². The lowest BCUT2D eigenvalue weighted by atomic mass is 10.2. The molecule has 0 saturated heterocycles. The van der Waals surface area contributed by atoms with Crippen LogP contribution in [0.1, 0.15) is 11.1 Å². The number of halogens is 4. The van der Waals surface area contributed by atoms with Crippen molar-refractivity contribution in [1.82, 2.24) is 5.32 Å². The summed E-state index contributed by atoms with van der Waals surface area (Å²) in [7, 11) is 0.